The molecule has 0 amide bonds. The number of hydrogen-bond donors (Lipinski definition) is 2. The van der Waals surface area contributed by atoms with Gasteiger partial charge in [-0.15, -0.1) is 15.3 Å². The van der Waals surface area contributed by atoms with Gasteiger partial charge in [-0.05, 0) is 45.4 Å². The van der Waals surface area contributed by atoms with Crippen LogP contribution in [0.25, 0.3) is 33.5 Å². The summed E-state index contributed by atoms with van der Waals surface area (Å²) < 4.78 is 2.14. The molecule has 0 atom stereocenters. The van der Waals surface area contributed by atoms with Crippen molar-refractivity contribution in [2.45, 2.75) is 71.8 Å². The standard InChI is InChI=1S/C30H34N8O/c1-30(2,3)17-24-31-26-25(21-9-5-4-6-10-21)32-35-29(39)27(26)38(24)18-19-13-15-20(16-14-19)22-11-7-8-12-23(22)28-33-36-37-34-28/h7-8,11-16,21H,4-6,9-10,17-18H2,1-3H3,(H,35,39)(H,33,34,36,37). The van der Waals surface area contributed by atoms with Crippen molar-refractivity contribution in [2.24, 2.45) is 5.41 Å². The Balaban J connectivity index is 1.39. The van der Waals surface area contributed by atoms with Gasteiger partial charge in [0.15, 0.2) is 5.82 Å². The van der Waals surface area contributed by atoms with Crippen LogP contribution >= 0.6 is 0 Å². The second kappa shape index (κ2) is 10.2. The molecule has 0 unspecified atom stereocenters. The van der Waals surface area contributed by atoms with Crippen LogP contribution in [0.5, 0.6) is 5.88 Å². The molecule has 3 heterocycles. The number of aromatic amines is 1. The Morgan fingerprint density at radius 3 is 2.36 bits per heavy atom. The third kappa shape index (κ3) is 5.13. The molecule has 0 bridgehead atoms. The van der Waals surface area contributed by atoms with E-state index in [0.29, 0.717) is 23.8 Å². The molecule has 2 N–H and O–H groups in total. The minimum absolute atomic E-state index is 0.0315. The lowest BCUT2D eigenvalue weighted by Crippen LogP contribution is -2.15. The predicted molar refractivity (Wildman–Crippen MR) is 150 cm³/mol. The van der Waals surface area contributed by atoms with Gasteiger partial charge in [0.2, 0.25) is 0 Å². The topological polar surface area (TPSA) is 118 Å². The molecule has 9 heteroatoms. The summed E-state index contributed by atoms with van der Waals surface area (Å²) in [6, 6.07) is 16.6. The number of benzene rings is 2. The Hall–Kier alpha value is -4.14. The maximum absolute atomic E-state index is 10.9. The van der Waals surface area contributed by atoms with Crippen LogP contribution in [-0.2, 0) is 13.0 Å². The first-order chi connectivity index (χ1) is 18.9. The molecule has 3 aromatic heterocycles. The molecule has 1 aliphatic rings. The Morgan fingerprint density at radius 1 is 0.923 bits per heavy atom. The number of tetrazole rings is 1. The number of nitrogens with zero attached hydrogens (tertiary/aromatic N) is 7. The molecule has 9 nitrogen and oxygen atoms in total. The first-order valence-electron chi connectivity index (χ1n) is 13.7. The van der Waals surface area contributed by atoms with Crippen LogP contribution in [0.3, 0.4) is 0 Å². The summed E-state index contributed by atoms with van der Waals surface area (Å²) >= 11 is 0. The Bertz CT molecular complexity index is 1580. The SMILES string of the molecule is CC(C)(C)Cc1nc2c(C3CCCCC3)nnc(O)c2n1Cc1ccc(-c2ccccc2-c2nnn[nH]2)cc1. The van der Waals surface area contributed by atoms with Gasteiger partial charge in [0.1, 0.15) is 16.9 Å². The van der Waals surface area contributed by atoms with Crippen molar-refractivity contribution in [3.8, 4) is 28.4 Å². The van der Waals surface area contributed by atoms with Crippen LogP contribution in [0.2, 0.25) is 0 Å². The number of imidazole rings is 1. The van der Waals surface area contributed by atoms with E-state index in [2.05, 4.69) is 86.5 Å². The Labute approximate surface area is 227 Å². The first-order valence-corrected chi connectivity index (χ1v) is 13.7. The number of aromatic nitrogens is 8. The summed E-state index contributed by atoms with van der Waals surface area (Å²) in [7, 11) is 0. The lowest BCUT2D eigenvalue weighted by Gasteiger charge is -2.20. The van der Waals surface area contributed by atoms with Gasteiger partial charge in [0.25, 0.3) is 5.88 Å². The van der Waals surface area contributed by atoms with Crippen molar-refractivity contribution in [1.29, 1.82) is 0 Å². The molecule has 200 valence electrons. The number of H-pyrrole nitrogens is 1. The lowest BCUT2D eigenvalue weighted by molar-refractivity contribution is 0.393. The summed E-state index contributed by atoms with van der Waals surface area (Å²) in [4.78, 5) is 5.11. The van der Waals surface area contributed by atoms with Gasteiger partial charge in [-0.1, -0.05) is 88.6 Å². The van der Waals surface area contributed by atoms with Gasteiger partial charge in [0, 0.05) is 24.4 Å². The van der Waals surface area contributed by atoms with Crippen molar-refractivity contribution in [1.82, 2.24) is 40.4 Å². The molecule has 0 aliphatic heterocycles. The quantitative estimate of drug-likeness (QED) is 0.278. The van der Waals surface area contributed by atoms with Crippen molar-refractivity contribution in [3.63, 3.8) is 0 Å². The van der Waals surface area contributed by atoms with Crippen LogP contribution in [0.15, 0.2) is 48.5 Å². The number of rotatable bonds is 6. The minimum Gasteiger partial charge on any atom is -0.491 e. The van der Waals surface area contributed by atoms with E-state index < -0.39 is 0 Å². The van der Waals surface area contributed by atoms with E-state index in [0.717, 1.165) is 58.6 Å². The zero-order chi connectivity index (χ0) is 27.0. The predicted octanol–water partition coefficient (Wildman–Crippen LogP) is 6.06. The number of aromatic hydroxyl groups is 1. The number of hydrogen-bond acceptors (Lipinski definition) is 7. The molecular formula is C30H34N8O. The maximum atomic E-state index is 10.9. The van der Waals surface area contributed by atoms with Crippen molar-refractivity contribution in [3.05, 3.63) is 65.6 Å². The fraction of sp³-hybridized carbons (Fsp3) is 0.400. The minimum atomic E-state index is -0.0524. The summed E-state index contributed by atoms with van der Waals surface area (Å²) in [6.45, 7) is 7.22. The average molecular weight is 523 g/mol. The number of fused-ring (bicyclic) bond motifs is 1. The van der Waals surface area contributed by atoms with Gasteiger partial charge in [-0.2, -0.15) is 0 Å². The highest BCUT2D eigenvalue weighted by Gasteiger charge is 2.27. The van der Waals surface area contributed by atoms with Gasteiger partial charge in [0.05, 0.1) is 5.69 Å². The number of nitrogens with one attached hydrogen (secondary N) is 1. The molecule has 0 spiro atoms. The zero-order valence-corrected chi connectivity index (χ0v) is 22.7. The molecule has 1 fully saturated rings. The second-order valence-electron chi connectivity index (χ2n) is 11.8. The molecule has 2 aromatic carbocycles. The highest BCUT2D eigenvalue weighted by atomic mass is 16.3. The van der Waals surface area contributed by atoms with Crippen molar-refractivity contribution in [2.75, 3.05) is 0 Å². The van der Waals surface area contributed by atoms with Gasteiger partial charge in [-0.3, -0.25) is 0 Å². The van der Waals surface area contributed by atoms with E-state index >= 15 is 0 Å². The second-order valence-corrected chi connectivity index (χ2v) is 11.8. The van der Waals surface area contributed by atoms with Crippen LogP contribution in [0.1, 0.15) is 75.9 Å². The van der Waals surface area contributed by atoms with Gasteiger partial charge < -0.3 is 9.67 Å². The van der Waals surface area contributed by atoms with E-state index in [4.69, 9.17) is 4.98 Å². The van der Waals surface area contributed by atoms with Crippen LogP contribution in [0, 0.1) is 5.41 Å². The van der Waals surface area contributed by atoms with E-state index in [1.54, 1.807) is 0 Å². The van der Waals surface area contributed by atoms with E-state index in [9.17, 15) is 5.11 Å². The van der Waals surface area contributed by atoms with Crippen molar-refractivity contribution < 1.29 is 5.11 Å². The Morgan fingerprint density at radius 2 is 1.67 bits per heavy atom. The molecule has 39 heavy (non-hydrogen) atoms. The fourth-order valence-corrected chi connectivity index (χ4v) is 5.72. The highest BCUT2D eigenvalue weighted by Crippen LogP contribution is 2.38. The molecule has 0 radical (unpaired) electrons. The molecule has 6 rings (SSSR count). The normalized spacial score (nSPS) is 14.7. The van der Waals surface area contributed by atoms with E-state index in [-0.39, 0.29) is 11.3 Å². The smallest absolute Gasteiger partial charge is 0.257 e. The summed E-state index contributed by atoms with van der Waals surface area (Å²) in [5, 5.41) is 34.0. The molecule has 1 aliphatic carbocycles. The summed E-state index contributed by atoms with van der Waals surface area (Å²) in [5.74, 6) is 1.88. The molecule has 1 saturated carbocycles. The van der Waals surface area contributed by atoms with E-state index in [1.165, 1.54) is 19.3 Å². The summed E-state index contributed by atoms with van der Waals surface area (Å²) in [5.41, 5.74) is 6.65. The monoisotopic (exact) mass is 522 g/mol. The van der Waals surface area contributed by atoms with E-state index in [1.807, 2.05) is 18.2 Å². The third-order valence-corrected chi connectivity index (χ3v) is 7.57. The van der Waals surface area contributed by atoms with Crippen LogP contribution < -0.4 is 0 Å². The molecular weight excluding hydrogens is 488 g/mol. The van der Waals surface area contributed by atoms with Crippen LogP contribution in [0.4, 0.5) is 0 Å². The molecule has 0 saturated heterocycles. The average Bonchev–Trinajstić information content (AvgIpc) is 3.58. The van der Waals surface area contributed by atoms with Crippen LogP contribution in [-0.4, -0.2) is 45.5 Å². The van der Waals surface area contributed by atoms with Crippen molar-refractivity contribution >= 4 is 11.0 Å². The zero-order valence-electron chi connectivity index (χ0n) is 22.7. The van der Waals surface area contributed by atoms with Gasteiger partial charge >= 0.3 is 0 Å². The first kappa shape index (κ1) is 25.2. The third-order valence-electron chi connectivity index (χ3n) is 7.57. The maximum Gasteiger partial charge on any atom is 0.257 e. The van der Waals surface area contributed by atoms with Gasteiger partial charge in [-0.25, -0.2) is 10.1 Å². The molecule has 5 aromatic rings. The Kier molecular flexibility index (Phi) is 6.58. The largest absolute Gasteiger partial charge is 0.491 e. The highest BCUT2D eigenvalue weighted by molar-refractivity contribution is 5.83. The lowest BCUT2D eigenvalue weighted by atomic mass is 9.86. The summed E-state index contributed by atoms with van der Waals surface area (Å²) in [6.07, 6.45) is 6.65. The fourth-order valence-electron chi connectivity index (χ4n) is 5.72.